The molecule has 0 aromatic heterocycles. The highest BCUT2D eigenvalue weighted by Gasteiger charge is 2.20. The minimum atomic E-state index is 0.443. The van der Waals surface area contributed by atoms with Gasteiger partial charge in [-0.2, -0.15) is 0 Å². The smallest absolute Gasteiger partial charge is 0.124 e. The van der Waals surface area contributed by atoms with Gasteiger partial charge >= 0.3 is 0 Å². The van der Waals surface area contributed by atoms with Crippen molar-refractivity contribution in [2.75, 3.05) is 26.2 Å². The summed E-state index contributed by atoms with van der Waals surface area (Å²) in [5.74, 6) is 1.12. The third-order valence-electron chi connectivity index (χ3n) is 4.55. The number of benzene rings is 1. The molecule has 110 valence electrons. The third-order valence-corrected chi connectivity index (χ3v) is 4.55. The van der Waals surface area contributed by atoms with Crippen molar-refractivity contribution in [3.05, 3.63) is 29.3 Å². The summed E-state index contributed by atoms with van der Waals surface area (Å²) in [6.07, 6.45) is 5.54. The molecule has 2 fully saturated rings. The third kappa shape index (κ3) is 3.33. The van der Waals surface area contributed by atoms with Gasteiger partial charge in [0.1, 0.15) is 5.75 Å². The van der Waals surface area contributed by atoms with Crippen molar-refractivity contribution in [3.63, 3.8) is 0 Å². The molecule has 2 aliphatic rings. The van der Waals surface area contributed by atoms with E-state index in [0.29, 0.717) is 6.10 Å². The average molecular weight is 274 g/mol. The van der Waals surface area contributed by atoms with Crippen LogP contribution >= 0.6 is 0 Å². The molecule has 3 heteroatoms. The van der Waals surface area contributed by atoms with Crippen LogP contribution in [0.25, 0.3) is 0 Å². The van der Waals surface area contributed by atoms with Crippen LogP contribution in [0.5, 0.6) is 5.75 Å². The van der Waals surface area contributed by atoms with Gasteiger partial charge in [-0.1, -0.05) is 12.1 Å². The number of nitrogens with one attached hydrogen (secondary N) is 1. The molecular formula is C17H26N2O. The molecule has 0 bridgehead atoms. The molecule has 0 unspecified atom stereocenters. The first-order valence-corrected chi connectivity index (χ1v) is 8.01. The van der Waals surface area contributed by atoms with Gasteiger partial charge in [-0.15, -0.1) is 0 Å². The lowest BCUT2D eigenvalue weighted by Crippen LogP contribution is -2.43. The molecule has 1 aromatic rings. The summed E-state index contributed by atoms with van der Waals surface area (Å²) in [5.41, 5.74) is 2.75. The predicted octanol–water partition coefficient (Wildman–Crippen LogP) is 2.72. The van der Waals surface area contributed by atoms with Crippen LogP contribution < -0.4 is 10.1 Å². The van der Waals surface area contributed by atoms with Gasteiger partial charge < -0.3 is 10.1 Å². The normalized spacial score (nSPS) is 21.2. The van der Waals surface area contributed by atoms with Crippen LogP contribution in [0.2, 0.25) is 0 Å². The fraction of sp³-hybridized carbons (Fsp3) is 0.647. The van der Waals surface area contributed by atoms with Crippen LogP contribution in [0.3, 0.4) is 0 Å². The van der Waals surface area contributed by atoms with Crippen molar-refractivity contribution < 1.29 is 4.74 Å². The Morgan fingerprint density at radius 3 is 2.70 bits per heavy atom. The Morgan fingerprint density at radius 2 is 1.95 bits per heavy atom. The highest BCUT2D eigenvalue weighted by atomic mass is 16.5. The van der Waals surface area contributed by atoms with Crippen molar-refractivity contribution in [1.29, 1.82) is 0 Å². The second kappa shape index (κ2) is 6.59. The molecule has 1 aliphatic carbocycles. The first-order chi connectivity index (χ1) is 9.83. The van der Waals surface area contributed by atoms with Crippen molar-refractivity contribution in [1.82, 2.24) is 10.2 Å². The minimum Gasteiger partial charge on any atom is -0.490 e. The molecule has 0 radical (unpaired) electrons. The summed E-state index contributed by atoms with van der Waals surface area (Å²) in [5, 5.41) is 3.42. The van der Waals surface area contributed by atoms with E-state index >= 15 is 0 Å². The maximum Gasteiger partial charge on any atom is 0.124 e. The Morgan fingerprint density at radius 1 is 1.20 bits per heavy atom. The Hall–Kier alpha value is -1.06. The molecule has 1 heterocycles. The predicted molar refractivity (Wildman–Crippen MR) is 82.2 cm³/mol. The van der Waals surface area contributed by atoms with Gasteiger partial charge in [-0.3, -0.25) is 4.90 Å². The van der Waals surface area contributed by atoms with Crippen LogP contribution in [-0.2, 0) is 6.54 Å². The number of hydrogen-bond donors (Lipinski definition) is 1. The molecule has 1 N–H and O–H groups in total. The van der Waals surface area contributed by atoms with Gasteiger partial charge in [0.2, 0.25) is 0 Å². The van der Waals surface area contributed by atoms with Gasteiger partial charge in [0.15, 0.2) is 0 Å². The molecule has 1 aromatic carbocycles. The lowest BCUT2D eigenvalue weighted by Gasteiger charge is -2.29. The van der Waals surface area contributed by atoms with Crippen LogP contribution in [0.4, 0.5) is 0 Å². The van der Waals surface area contributed by atoms with Gasteiger partial charge in [0.25, 0.3) is 0 Å². The largest absolute Gasteiger partial charge is 0.490 e. The van der Waals surface area contributed by atoms with Crippen molar-refractivity contribution in [3.8, 4) is 5.75 Å². The zero-order chi connectivity index (χ0) is 13.8. The fourth-order valence-electron chi connectivity index (χ4n) is 3.27. The summed E-state index contributed by atoms with van der Waals surface area (Å²) >= 11 is 0. The Bertz CT molecular complexity index is 435. The van der Waals surface area contributed by atoms with Crippen LogP contribution in [0.1, 0.15) is 36.8 Å². The summed E-state index contributed by atoms with van der Waals surface area (Å²) < 4.78 is 6.29. The standard InChI is InChI=1S/C17H26N2O/c1-14-5-4-8-17(20-15-6-2-3-7-15)16(14)13-19-11-9-18-10-12-19/h4-5,8,15,18H,2-3,6-7,9-13H2,1H3. The molecular weight excluding hydrogens is 248 g/mol. The molecule has 1 saturated carbocycles. The van der Waals surface area contributed by atoms with Crippen LogP contribution in [0.15, 0.2) is 18.2 Å². The molecule has 1 saturated heterocycles. The molecule has 20 heavy (non-hydrogen) atoms. The topological polar surface area (TPSA) is 24.5 Å². The second-order valence-corrected chi connectivity index (χ2v) is 6.10. The zero-order valence-electron chi connectivity index (χ0n) is 12.5. The molecule has 0 atom stereocenters. The van der Waals surface area contributed by atoms with E-state index in [9.17, 15) is 0 Å². The van der Waals surface area contributed by atoms with Gasteiger partial charge in [0.05, 0.1) is 6.10 Å². The average Bonchev–Trinajstić information content (AvgIpc) is 2.97. The van der Waals surface area contributed by atoms with E-state index in [0.717, 1.165) is 38.5 Å². The van der Waals surface area contributed by atoms with E-state index in [1.54, 1.807) is 0 Å². The zero-order valence-corrected chi connectivity index (χ0v) is 12.5. The Balaban J connectivity index is 1.73. The lowest BCUT2D eigenvalue weighted by molar-refractivity contribution is 0.196. The van der Waals surface area contributed by atoms with Gasteiger partial charge in [-0.05, 0) is 44.2 Å². The quantitative estimate of drug-likeness (QED) is 0.913. The summed E-state index contributed by atoms with van der Waals surface area (Å²) in [7, 11) is 0. The molecule has 3 rings (SSSR count). The highest BCUT2D eigenvalue weighted by molar-refractivity contribution is 5.39. The van der Waals surface area contributed by atoms with Crippen molar-refractivity contribution in [2.45, 2.75) is 45.3 Å². The first-order valence-electron chi connectivity index (χ1n) is 8.01. The monoisotopic (exact) mass is 274 g/mol. The first kappa shape index (κ1) is 13.9. The summed E-state index contributed by atoms with van der Waals surface area (Å²) in [4.78, 5) is 2.53. The Kier molecular flexibility index (Phi) is 4.58. The van der Waals surface area contributed by atoms with Crippen molar-refractivity contribution in [2.24, 2.45) is 0 Å². The highest BCUT2D eigenvalue weighted by Crippen LogP contribution is 2.29. The maximum absolute atomic E-state index is 6.29. The van der Waals surface area contributed by atoms with E-state index in [1.807, 2.05) is 0 Å². The Labute approximate surface area is 122 Å². The van der Waals surface area contributed by atoms with Crippen LogP contribution in [-0.4, -0.2) is 37.2 Å². The van der Waals surface area contributed by atoms with E-state index in [2.05, 4.69) is 35.3 Å². The van der Waals surface area contributed by atoms with E-state index in [-0.39, 0.29) is 0 Å². The van der Waals surface area contributed by atoms with Crippen LogP contribution in [0, 0.1) is 6.92 Å². The number of hydrogen-bond acceptors (Lipinski definition) is 3. The molecule has 0 amide bonds. The number of rotatable bonds is 4. The summed E-state index contributed by atoms with van der Waals surface area (Å²) in [6, 6.07) is 6.49. The lowest BCUT2D eigenvalue weighted by atomic mass is 10.1. The van der Waals surface area contributed by atoms with E-state index < -0.39 is 0 Å². The number of piperazine rings is 1. The van der Waals surface area contributed by atoms with Crippen molar-refractivity contribution >= 4 is 0 Å². The second-order valence-electron chi connectivity index (χ2n) is 6.10. The number of ether oxygens (including phenoxy) is 1. The SMILES string of the molecule is Cc1cccc(OC2CCCC2)c1CN1CCNCC1. The van der Waals surface area contributed by atoms with Gasteiger partial charge in [0, 0.05) is 38.3 Å². The van der Waals surface area contributed by atoms with Gasteiger partial charge in [-0.25, -0.2) is 0 Å². The molecule has 1 aliphatic heterocycles. The van der Waals surface area contributed by atoms with E-state index in [4.69, 9.17) is 4.74 Å². The maximum atomic E-state index is 6.29. The number of nitrogens with zero attached hydrogens (tertiary/aromatic N) is 1. The summed E-state index contributed by atoms with van der Waals surface area (Å²) in [6.45, 7) is 7.71. The molecule has 3 nitrogen and oxygen atoms in total. The molecule has 0 spiro atoms. The van der Waals surface area contributed by atoms with E-state index in [1.165, 1.54) is 36.8 Å². The minimum absolute atomic E-state index is 0.443. The number of aryl methyl sites for hydroxylation is 1. The fourth-order valence-corrected chi connectivity index (χ4v) is 3.27.